The predicted molar refractivity (Wildman–Crippen MR) is 133 cm³/mol. The Morgan fingerprint density at radius 2 is 1.10 bits per heavy atom. The van der Waals surface area contributed by atoms with Gasteiger partial charge in [0.05, 0.1) is 11.5 Å². The molecule has 0 fully saturated rings. The van der Waals surface area contributed by atoms with Crippen LogP contribution in [-0.4, -0.2) is 15.0 Å². The maximum Gasteiger partial charge on any atom is 0.296 e. The molecule has 3 rings (SSSR count). The standard InChI is InChI=1S/C14H22O3S.C12H11P/c1-2-3-4-5-6-10-13-17-18(15,16)14-11-8-7-9-12-14;1-3-7-11(8-4-1)13-12-9-5-2-6-10-12/h7-9,11-12H,2-6,10,13H2,1H3;1-10,13H. The van der Waals surface area contributed by atoms with Gasteiger partial charge in [-0.1, -0.05) is 126 Å². The van der Waals surface area contributed by atoms with Crippen molar-refractivity contribution in [1.29, 1.82) is 0 Å². The number of hydrogen-bond acceptors (Lipinski definition) is 3. The van der Waals surface area contributed by atoms with Gasteiger partial charge in [0, 0.05) is 0 Å². The topological polar surface area (TPSA) is 43.4 Å². The normalized spacial score (nSPS) is 10.9. The largest absolute Gasteiger partial charge is 0.296 e. The maximum atomic E-state index is 11.7. The Labute approximate surface area is 189 Å². The average molecular weight is 457 g/mol. The second-order valence-electron chi connectivity index (χ2n) is 7.21. The van der Waals surface area contributed by atoms with Crippen LogP contribution in [0.4, 0.5) is 0 Å². The minimum atomic E-state index is -3.56. The Balaban J connectivity index is 0.000000231. The fraction of sp³-hybridized carbons (Fsp3) is 0.308. The molecule has 166 valence electrons. The third kappa shape index (κ3) is 10.7. The first-order valence-corrected chi connectivity index (χ1v) is 13.3. The summed E-state index contributed by atoms with van der Waals surface area (Å²) in [6, 6.07) is 29.4. The number of unbranched alkanes of at least 4 members (excludes halogenated alkanes) is 5. The number of rotatable bonds is 11. The fourth-order valence-corrected chi connectivity index (χ4v) is 4.93. The Morgan fingerprint density at radius 3 is 1.61 bits per heavy atom. The van der Waals surface area contributed by atoms with Gasteiger partial charge in [-0.15, -0.1) is 0 Å². The molecule has 0 aliphatic heterocycles. The van der Waals surface area contributed by atoms with Crippen LogP contribution in [0.5, 0.6) is 0 Å². The zero-order valence-corrected chi connectivity index (χ0v) is 20.1. The molecule has 31 heavy (non-hydrogen) atoms. The van der Waals surface area contributed by atoms with Crippen molar-refractivity contribution in [3.05, 3.63) is 91.0 Å². The van der Waals surface area contributed by atoms with E-state index in [2.05, 4.69) is 67.6 Å². The zero-order chi connectivity index (χ0) is 22.2. The lowest BCUT2D eigenvalue weighted by atomic mass is 10.1. The first-order valence-electron chi connectivity index (χ1n) is 10.9. The minimum Gasteiger partial charge on any atom is -0.266 e. The van der Waals surface area contributed by atoms with E-state index in [9.17, 15) is 8.42 Å². The second kappa shape index (κ2) is 14.9. The highest BCUT2D eigenvalue weighted by Crippen LogP contribution is 2.13. The third-order valence-corrected chi connectivity index (χ3v) is 7.18. The lowest BCUT2D eigenvalue weighted by Crippen LogP contribution is -2.07. The monoisotopic (exact) mass is 456 g/mol. The Bertz CT molecular complexity index is 893. The van der Waals surface area contributed by atoms with Crippen LogP contribution in [0.25, 0.3) is 0 Å². The van der Waals surface area contributed by atoms with Crippen LogP contribution in [0.1, 0.15) is 45.4 Å². The molecule has 0 aliphatic carbocycles. The molecule has 0 radical (unpaired) electrons. The molecular weight excluding hydrogens is 423 g/mol. The van der Waals surface area contributed by atoms with E-state index in [0.29, 0.717) is 0 Å². The Morgan fingerprint density at radius 1 is 0.645 bits per heavy atom. The molecule has 0 aromatic heterocycles. The van der Waals surface area contributed by atoms with Gasteiger partial charge >= 0.3 is 0 Å². The summed E-state index contributed by atoms with van der Waals surface area (Å²) in [4.78, 5) is 0.232. The van der Waals surface area contributed by atoms with Crippen molar-refractivity contribution >= 4 is 29.3 Å². The summed E-state index contributed by atoms with van der Waals surface area (Å²) in [5, 5.41) is 2.79. The molecule has 0 aliphatic rings. The smallest absolute Gasteiger partial charge is 0.266 e. The third-order valence-electron chi connectivity index (χ3n) is 4.60. The van der Waals surface area contributed by atoms with Gasteiger partial charge < -0.3 is 0 Å². The van der Waals surface area contributed by atoms with Gasteiger partial charge in [0.1, 0.15) is 0 Å². The van der Waals surface area contributed by atoms with E-state index in [-0.39, 0.29) is 11.5 Å². The molecule has 5 heteroatoms. The van der Waals surface area contributed by atoms with E-state index in [1.165, 1.54) is 29.9 Å². The van der Waals surface area contributed by atoms with Gasteiger partial charge in [-0.25, -0.2) is 0 Å². The lowest BCUT2D eigenvalue weighted by Gasteiger charge is -2.05. The minimum absolute atomic E-state index is 0.232. The van der Waals surface area contributed by atoms with E-state index in [1.54, 1.807) is 30.3 Å². The highest BCUT2D eigenvalue weighted by atomic mass is 32.2. The average Bonchev–Trinajstić information content (AvgIpc) is 2.81. The maximum absolute atomic E-state index is 11.7. The molecule has 0 N–H and O–H groups in total. The highest BCUT2D eigenvalue weighted by Gasteiger charge is 2.13. The zero-order valence-electron chi connectivity index (χ0n) is 18.2. The van der Waals surface area contributed by atoms with Crippen molar-refractivity contribution in [2.45, 2.75) is 50.3 Å². The van der Waals surface area contributed by atoms with Gasteiger partial charge in [-0.2, -0.15) is 8.42 Å². The van der Waals surface area contributed by atoms with Crippen LogP contribution < -0.4 is 10.6 Å². The molecule has 3 aromatic rings. The molecule has 3 aromatic carbocycles. The molecule has 0 saturated carbocycles. The Kier molecular flexibility index (Phi) is 12.2. The first-order chi connectivity index (χ1) is 15.1. The SMILES string of the molecule is CCCCCCCCOS(=O)(=O)c1ccccc1.c1ccc(Pc2ccccc2)cc1. The van der Waals surface area contributed by atoms with Crippen LogP contribution in [0.15, 0.2) is 95.9 Å². The lowest BCUT2D eigenvalue weighted by molar-refractivity contribution is 0.306. The molecule has 0 spiro atoms. The quantitative estimate of drug-likeness (QED) is 0.200. The van der Waals surface area contributed by atoms with Gasteiger partial charge in [0.2, 0.25) is 0 Å². The molecule has 0 bridgehead atoms. The van der Waals surface area contributed by atoms with Crippen molar-refractivity contribution in [3.8, 4) is 0 Å². The van der Waals surface area contributed by atoms with E-state index in [0.717, 1.165) is 27.8 Å². The summed E-state index contributed by atoms with van der Waals surface area (Å²) in [7, 11) is -2.78. The summed E-state index contributed by atoms with van der Waals surface area (Å²) in [5.74, 6) is 0. The summed E-state index contributed by atoms with van der Waals surface area (Å²) in [5.41, 5.74) is 0. The molecule has 0 atom stereocenters. The Hall–Kier alpha value is -2.00. The van der Waals surface area contributed by atoms with Crippen LogP contribution in [0.2, 0.25) is 0 Å². The van der Waals surface area contributed by atoms with Crippen molar-refractivity contribution < 1.29 is 12.6 Å². The van der Waals surface area contributed by atoms with Crippen LogP contribution >= 0.6 is 8.58 Å². The second-order valence-corrected chi connectivity index (χ2v) is 10.2. The summed E-state index contributed by atoms with van der Waals surface area (Å²) in [6.45, 7) is 2.46. The molecule has 0 unspecified atom stereocenters. The molecule has 0 heterocycles. The van der Waals surface area contributed by atoms with Gasteiger partial charge in [0.15, 0.2) is 0 Å². The first kappa shape index (κ1) is 25.3. The van der Waals surface area contributed by atoms with Crippen LogP contribution in [0, 0.1) is 0 Å². The molecule has 3 nitrogen and oxygen atoms in total. The molecule has 0 saturated heterocycles. The van der Waals surface area contributed by atoms with E-state index < -0.39 is 10.1 Å². The summed E-state index contributed by atoms with van der Waals surface area (Å²) in [6.07, 6.45) is 6.69. The highest BCUT2D eigenvalue weighted by molar-refractivity contribution is 7.86. The summed E-state index contributed by atoms with van der Waals surface area (Å²) < 4.78 is 28.5. The predicted octanol–water partition coefficient (Wildman–Crippen LogP) is 6.07. The fourth-order valence-electron chi connectivity index (χ4n) is 2.92. The van der Waals surface area contributed by atoms with Crippen LogP contribution in [-0.2, 0) is 14.3 Å². The van der Waals surface area contributed by atoms with Crippen molar-refractivity contribution in [2.75, 3.05) is 6.61 Å². The molecule has 0 amide bonds. The number of benzene rings is 3. The van der Waals surface area contributed by atoms with Gasteiger partial charge in [-0.3, -0.25) is 4.18 Å². The van der Waals surface area contributed by atoms with Gasteiger partial charge in [0.25, 0.3) is 10.1 Å². The summed E-state index contributed by atoms with van der Waals surface area (Å²) >= 11 is 0. The van der Waals surface area contributed by atoms with Crippen LogP contribution in [0.3, 0.4) is 0 Å². The number of hydrogen-bond donors (Lipinski definition) is 0. The molecular formula is C26H33O3PS. The van der Waals surface area contributed by atoms with E-state index >= 15 is 0 Å². The van der Waals surface area contributed by atoms with E-state index in [1.807, 2.05) is 0 Å². The van der Waals surface area contributed by atoms with Crippen molar-refractivity contribution in [3.63, 3.8) is 0 Å². The van der Waals surface area contributed by atoms with Crippen molar-refractivity contribution in [1.82, 2.24) is 0 Å². The van der Waals surface area contributed by atoms with E-state index in [4.69, 9.17) is 4.18 Å². The van der Waals surface area contributed by atoms with Crippen molar-refractivity contribution in [2.24, 2.45) is 0 Å². The van der Waals surface area contributed by atoms with Gasteiger partial charge in [-0.05, 0) is 29.2 Å².